The van der Waals surface area contributed by atoms with Gasteiger partial charge in [-0.15, -0.1) is 16.7 Å². The first kappa shape index (κ1) is 13.0. The second kappa shape index (κ2) is 5.03. The fraction of sp³-hybridized carbons (Fsp3) is 0.300. The van der Waals surface area contributed by atoms with E-state index in [0.29, 0.717) is 17.3 Å². The molecule has 1 heterocycles. The van der Waals surface area contributed by atoms with Gasteiger partial charge in [0.25, 0.3) is 0 Å². The fourth-order valence-corrected chi connectivity index (χ4v) is 2.28. The largest absolute Gasteiger partial charge is 0.224 e. The van der Waals surface area contributed by atoms with E-state index < -0.39 is 9.84 Å². The summed E-state index contributed by atoms with van der Waals surface area (Å²) in [5.74, 6) is 0.804. The standard InChI is InChI=1S/C10H11ClN4O2S/c1-18(16,17)9-4-2-8(3-5-9)7-15-10(6-11)12-13-14-15/h2-5H,6-7H2,1H3. The average molecular weight is 287 g/mol. The number of hydrogen-bond donors (Lipinski definition) is 0. The van der Waals surface area contributed by atoms with Crippen LogP contribution < -0.4 is 0 Å². The van der Waals surface area contributed by atoms with Gasteiger partial charge in [-0.05, 0) is 28.1 Å². The molecule has 0 saturated carbocycles. The fourth-order valence-electron chi connectivity index (χ4n) is 1.46. The van der Waals surface area contributed by atoms with Crippen LogP contribution in [-0.4, -0.2) is 34.9 Å². The van der Waals surface area contributed by atoms with Crippen LogP contribution >= 0.6 is 11.6 Å². The zero-order valence-corrected chi connectivity index (χ0v) is 11.2. The van der Waals surface area contributed by atoms with Crippen molar-refractivity contribution < 1.29 is 8.42 Å². The van der Waals surface area contributed by atoms with Crippen molar-refractivity contribution in [2.45, 2.75) is 17.3 Å². The Morgan fingerprint density at radius 3 is 2.50 bits per heavy atom. The summed E-state index contributed by atoms with van der Waals surface area (Å²) in [6.45, 7) is 0.457. The van der Waals surface area contributed by atoms with Crippen LogP contribution in [0.1, 0.15) is 11.4 Å². The van der Waals surface area contributed by atoms with Crippen LogP contribution in [0.2, 0.25) is 0 Å². The molecule has 96 valence electrons. The van der Waals surface area contributed by atoms with Crippen molar-refractivity contribution in [3.63, 3.8) is 0 Å². The van der Waals surface area contributed by atoms with Crippen LogP contribution in [0.5, 0.6) is 0 Å². The van der Waals surface area contributed by atoms with Crippen molar-refractivity contribution in [1.82, 2.24) is 20.2 Å². The van der Waals surface area contributed by atoms with Gasteiger partial charge in [-0.1, -0.05) is 12.1 Å². The number of nitrogens with zero attached hydrogens (tertiary/aromatic N) is 4. The lowest BCUT2D eigenvalue weighted by atomic mass is 10.2. The predicted molar refractivity (Wildman–Crippen MR) is 66.0 cm³/mol. The minimum Gasteiger partial charge on any atom is -0.224 e. The Morgan fingerprint density at radius 2 is 1.94 bits per heavy atom. The number of hydrogen-bond acceptors (Lipinski definition) is 5. The topological polar surface area (TPSA) is 77.7 Å². The summed E-state index contributed by atoms with van der Waals surface area (Å²) in [4.78, 5) is 0.292. The summed E-state index contributed by atoms with van der Waals surface area (Å²) in [6.07, 6.45) is 1.18. The molecule has 0 atom stereocenters. The van der Waals surface area contributed by atoms with Crippen molar-refractivity contribution in [3.8, 4) is 0 Å². The van der Waals surface area contributed by atoms with Crippen LogP contribution in [0.3, 0.4) is 0 Å². The zero-order chi connectivity index (χ0) is 13.2. The minimum absolute atomic E-state index is 0.231. The summed E-state index contributed by atoms with van der Waals surface area (Å²) in [5.41, 5.74) is 0.904. The van der Waals surface area contributed by atoms with Gasteiger partial charge in [0.15, 0.2) is 15.7 Å². The lowest BCUT2D eigenvalue weighted by Crippen LogP contribution is -2.06. The second-order valence-electron chi connectivity index (χ2n) is 3.80. The molecule has 6 nitrogen and oxygen atoms in total. The number of rotatable bonds is 4. The molecule has 0 bridgehead atoms. The third kappa shape index (κ3) is 2.85. The van der Waals surface area contributed by atoms with E-state index in [2.05, 4.69) is 15.5 Å². The molecule has 0 fully saturated rings. The first-order valence-corrected chi connectivity index (χ1v) is 7.53. The van der Waals surface area contributed by atoms with E-state index in [1.807, 2.05) is 0 Å². The van der Waals surface area contributed by atoms with Gasteiger partial charge >= 0.3 is 0 Å². The molecule has 0 N–H and O–H groups in total. The second-order valence-corrected chi connectivity index (χ2v) is 6.09. The van der Waals surface area contributed by atoms with Crippen LogP contribution in [-0.2, 0) is 22.3 Å². The highest BCUT2D eigenvalue weighted by Gasteiger charge is 2.08. The Labute approximate surface area is 109 Å². The van der Waals surface area contributed by atoms with Crippen LogP contribution in [0.15, 0.2) is 29.2 Å². The first-order chi connectivity index (χ1) is 8.50. The third-order valence-electron chi connectivity index (χ3n) is 2.41. The predicted octanol–water partition coefficient (Wildman–Crippen LogP) is 0.864. The van der Waals surface area contributed by atoms with Crippen molar-refractivity contribution in [2.24, 2.45) is 0 Å². The minimum atomic E-state index is -3.16. The van der Waals surface area contributed by atoms with Gasteiger partial charge in [0, 0.05) is 6.26 Å². The molecule has 1 aromatic carbocycles. The van der Waals surface area contributed by atoms with E-state index in [-0.39, 0.29) is 5.88 Å². The van der Waals surface area contributed by atoms with Gasteiger partial charge in [-0.2, -0.15) is 0 Å². The monoisotopic (exact) mass is 286 g/mol. The Balaban J connectivity index is 2.21. The van der Waals surface area contributed by atoms with E-state index in [1.54, 1.807) is 28.9 Å². The van der Waals surface area contributed by atoms with Crippen LogP contribution in [0.25, 0.3) is 0 Å². The highest BCUT2D eigenvalue weighted by atomic mass is 35.5. The van der Waals surface area contributed by atoms with E-state index in [0.717, 1.165) is 5.56 Å². The molecular formula is C10H11ClN4O2S. The molecule has 1 aromatic heterocycles. The molecule has 0 amide bonds. The van der Waals surface area contributed by atoms with Crippen LogP contribution in [0, 0.1) is 0 Å². The summed E-state index contributed by atoms with van der Waals surface area (Å²) in [7, 11) is -3.16. The molecule has 0 aliphatic heterocycles. The lowest BCUT2D eigenvalue weighted by Gasteiger charge is -2.04. The maximum Gasteiger partial charge on any atom is 0.175 e. The molecule has 0 spiro atoms. The van der Waals surface area contributed by atoms with Crippen molar-refractivity contribution in [3.05, 3.63) is 35.7 Å². The molecule has 0 saturated heterocycles. The molecule has 18 heavy (non-hydrogen) atoms. The number of alkyl halides is 1. The quantitative estimate of drug-likeness (QED) is 0.779. The van der Waals surface area contributed by atoms with Crippen molar-refractivity contribution in [2.75, 3.05) is 6.26 Å². The number of aromatic nitrogens is 4. The Morgan fingerprint density at radius 1 is 1.28 bits per heavy atom. The van der Waals surface area contributed by atoms with Gasteiger partial charge < -0.3 is 0 Å². The molecule has 0 unspecified atom stereocenters. The molecule has 2 rings (SSSR count). The Bertz CT molecular complexity index is 636. The maximum absolute atomic E-state index is 11.3. The maximum atomic E-state index is 11.3. The van der Waals surface area contributed by atoms with Gasteiger partial charge in [-0.3, -0.25) is 0 Å². The van der Waals surface area contributed by atoms with Gasteiger partial charge in [0.2, 0.25) is 0 Å². The molecular weight excluding hydrogens is 276 g/mol. The zero-order valence-electron chi connectivity index (χ0n) is 9.62. The van der Waals surface area contributed by atoms with E-state index in [4.69, 9.17) is 11.6 Å². The number of benzene rings is 1. The van der Waals surface area contributed by atoms with E-state index in [1.165, 1.54) is 6.26 Å². The first-order valence-electron chi connectivity index (χ1n) is 5.10. The van der Waals surface area contributed by atoms with Gasteiger partial charge in [0.05, 0.1) is 17.3 Å². The third-order valence-corrected chi connectivity index (χ3v) is 3.78. The number of sulfone groups is 1. The lowest BCUT2D eigenvalue weighted by molar-refractivity contribution is 0.601. The van der Waals surface area contributed by atoms with Gasteiger partial charge in [0.1, 0.15) is 0 Å². The number of halogens is 1. The van der Waals surface area contributed by atoms with Crippen molar-refractivity contribution in [1.29, 1.82) is 0 Å². The highest BCUT2D eigenvalue weighted by Crippen LogP contribution is 2.11. The summed E-state index contributed by atoms with van der Waals surface area (Å²) >= 11 is 5.68. The van der Waals surface area contributed by atoms with E-state index in [9.17, 15) is 8.42 Å². The number of tetrazole rings is 1. The molecule has 2 aromatic rings. The summed E-state index contributed by atoms with van der Waals surface area (Å²) in [5, 5.41) is 11.1. The van der Waals surface area contributed by atoms with E-state index >= 15 is 0 Å². The van der Waals surface area contributed by atoms with Crippen LogP contribution in [0.4, 0.5) is 0 Å². The highest BCUT2D eigenvalue weighted by molar-refractivity contribution is 7.90. The Hall–Kier alpha value is -1.47. The summed E-state index contributed by atoms with van der Waals surface area (Å²) < 4.78 is 24.2. The Kier molecular flexibility index (Phi) is 3.63. The SMILES string of the molecule is CS(=O)(=O)c1ccc(Cn2nnnc2CCl)cc1. The van der Waals surface area contributed by atoms with Crippen molar-refractivity contribution >= 4 is 21.4 Å². The molecule has 0 aliphatic carbocycles. The average Bonchev–Trinajstić information content (AvgIpc) is 2.76. The van der Waals surface area contributed by atoms with Gasteiger partial charge in [-0.25, -0.2) is 13.1 Å². The normalized spacial score (nSPS) is 11.7. The summed E-state index contributed by atoms with van der Waals surface area (Å²) in [6, 6.07) is 6.59. The smallest absolute Gasteiger partial charge is 0.175 e. The molecule has 0 radical (unpaired) electrons. The molecule has 0 aliphatic rings. The molecule has 8 heteroatoms.